The highest BCUT2D eigenvalue weighted by Gasteiger charge is 2.26. The van der Waals surface area contributed by atoms with Gasteiger partial charge in [-0.2, -0.15) is 0 Å². The number of nitrogens with zero attached hydrogens (tertiary/aromatic N) is 4. The van der Waals surface area contributed by atoms with Crippen LogP contribution >= 0.6 is 43.6 Å². The van der Waals surface area contributed by atoms with Crippen molar-refractivity contribution in [3.63, 3.8) is 0 Å². The van der Waals surface area contributed by atoms with E-state index >= 15 is 0 Å². The molecule has 0 bridgehead atoms. The summed E-state index contributed by atoms with van der Waals surface area (Å²) in [5.41, 5.74) is 2.27. The number of hydrogen-bond donors (Lipinski definition) is 0. The van der Waals surface area contributed by atoms with E-state index in [2.05, 4.69) is 42.1 Å². The van der Waals surface area contributed by atoms with Gasteiger partial charge in [-0.05, 0) is 82.5 Å². The third-order valence-corrected chi connectivity index (χ3v) is 7.66. The second-order valence-electron chi connectivity index (χ2n) is 7.91. The molecule has 0 aliphatic carbocycles. The molecule has 1 atom stereocenters. The van der Waals surface area contributed by atoms with Gasteiger partial charge in [0, 0.05) is 15.1 Å². The highest BCUT2D eigenvalue weighted by atomic mass is 79.9. The molecule has 0 aliphatic rings. The summed E-state index contributed by atoms with van der Waals surface area (Å²) in [5.74, 6) is 1.13. The van der Waals surface area contributed by atoms with Crippen LogP contribution in [0.15, 0.2) is 74.8 Å². The van der Waals surface area contributed by atoms with Crippen LogP contribution in [0.4, 0.5) is 4.39 Å². The minimum atomic E-state index is -0.622. The Kier molecular flexibility index (Phi) is 8.83. The Morgan fingerprint density at radius 2 is 1.81 bits per heavy atom. The average Bonchev–Trinajstić information content (AvgIpc) is 3.23. The fraction of sp³-hybridized carbons (Fsp3) is 0.200. The lowest BCUT2D eigenvalue weighted by atomic mass is 10.1. The summed E-state index contributed by atoms with van der Waals surface area (Å²) < 4.78 is 28.4. The molecule has 12 heteroatoms. The van der Waals surface area contributed by atoms with Crippen molar-refractivity contribution in [3.05, 3.63) is 102 Å². The van der Waals surface area contributed by atoms with Crippen LogP contribution in [-0.2, 0) is 6.61 Å². The zero-order valence-electron chi connectivity index (χ0n) is 19.7. The van der Waals surface area contributed by atoms with E-state index in [1.807, 2.05) is 24.3 Å². The summed E-state index contributed by atoms with van der Waals surface area (Å²) in [5, 5.41) is 19.8. The summed E-state index contributed by atoms with van der Waals surface area (Å²) >= 11 is 8.16. The number of rotatable bonds is 10. The smallest absolute Gasteiger partial charge is 0.220 e. The van der Waals surface area contributed by atoms with Gasteiger partial charge in [-0.15, -0.1) is 10.2 Å². The van der Waals surface area contributed by atoms with Crippen LogP contribution < -0.4 is 9.47 Å². The normalized spacial score (nSPS) is 11.8. The summed E-state index contributed by atoms with van der Waals surface area (Å²) in [6.45, 7) is 1.71. The SMILES string of the molecule is COc1cc([C@@H](C[N+](=O)[O-])Sc2nnc(C)n2-c2ccc(F)cc2)cc(Br)c1OCc1ccc(Br)cc1. The van der Waals surface area contributed by atoms with E-state index in [4.69, 9.17) is 9.47 Å². The predicted octanol–water partition coefficient (Wildman–Crippen LogP) is 6.94. The predicted molar refractivity (Wildman–Crippen MR) is 146 cm³/mol. The van der Waals surface area contributed by atoms with Gasteiger partial charge in [0.1, 0.15) is 23.5 Å². The summed E-state index contributed by atoms with van der Waals surface area (Å²) in [6, 6.07) is 17.2. The lowest BCUT2D eigenvalue weighted by Crippen LogP contribution is -2.12. The Hall–Kier alpha value is -2.96. The molecular weight excluding hydrogens is 631 g/mol. The van der Waals surface area contributed by atoms with E-state index in [0.29, 0.717) is 44.8 Å². The van der Waals surface area contributed by atoms with Crippen LogP contribution in [-0.4, -0.2) is 33.3 Å². The van der Waals surface area contributed by atoms with Gasteiger partial charge in [0.2, 0.25) is 6.54 Å². The molecule has 0 saturated heterocycles. The van der Waals surface area contributed by atoms with E-state index < -0.39 is 5.25 Å². The van der Waals surface area contributed by atoms with E-state index in [-0.39, 0.29) is 17.3 Å². The fourth-order valence-electron chi connectivity index (χ4n) is 3.58. The molecule has 0 spiro atoms. The monoisotopic (exact) mass is 650 g/mol. The molecule has 0 N–H and O–H groups in total. The van der Waals surface area contributed by atoms with Crippen molar-refractivity contribution in [2.45, 2.75) is 23.9 Å². The van der Waals surface area contributed by atoms with E-state index in [0.717, 1.165) is 10.0 Å². The van der Waals surface area contributed by atoms with Gasteiger partial charge in [0.25, 0.3) is 0 Å². The third-order valence-electron chi connectivity index (χ3n) is 5.36. The maximum Gasteiger partial charge on any atom is 0.220 e. The molecule has 37 heavy (non-hydrogen) atoms. The van der Waals surface area contributed by atoms with Crippen molar-refractivity contribution >= 4 is 43.6 Å². The van der Waals surface area contributed by atoms with Crippen molar-refractivity contribution in [1.82, 2.24) is 14.8 Å². The van der Waals surface area contributed by atoms with Gasteiger partial charge in [0.05, 0.1) is 11.6 Å². The Morgan fingerprint density at radius 1 is 1.11 bits per heavy atom. The second-order valence-corrected chi connectivity index (χ2v) is 10.9. The Bertz CT molecular complexity index is 1400. The molecule has 0 radical (unpaired) electrons. The van der Waals surface area contributed by atoms with E-state index in [1.54, 1.807) is 35.8 Å². The molecule has 4 aromatic rings. The van der Waals surface area contributed by atoms with E-state index in [1.165, 1.54) is 31.0 Å². The first-order valence-corrected chi connectivity index (χ1v) is 13.4. The summed E-state index contributed by atoms with van der Waals surface area (Å²) in [7, 11) is 1.52. The topological polar surface area (TPSA) is 92.3 Å². The first-order valence-electron chi connectivity index (χ1n) is 11.0. The Morgan fingerprint density at radius 3 is 2.46 bits per heavy atom. The van der Waals surface area contributed by atoms with Gasteiger partial charge in [-0.25, -0.2) is 4.39 Å². The van der Waals surface area contributed by atoms with Crippen LogP contribution in [0.1, 0.15) is 22.2 Å². The molecule has 0 aliphatic heterocycles. The van der Waals surface area contributed by atoms with Crippen LogP contribution in [0, 0.1) is 22.9 Å². The van der Waals surface area contributed by atoms with E-state index in [9.17, 15) is 14.5 Å². The van der Waals surface area contributed by atoms with Gasteiger partial charge in [-0.1, -0.05) is 39.8 Å². The van der Waals surface area contributed by atoms with Gasteiger partial charge >= 0.3 is 0 Å². The minimum absolute atomic E-state index is 0.314. The number of nitro groups is 1. The first kappa shape index (κ1) is 27.1. The Labute approximate surface area is 233 Å². The second kappa shape index (κ2) is 12.1. The summed E-state index contributed by atoms with van der Waals surface area (Å²) in [6.07, 6.45) is 0. The fourth-order valence-corrected chi connectivity index (χ4v) is 5.57. The Balaban J connectivity index is 1.64. The average molecular weight is 652 g/mol. The van der Waals surface area contributed by atoms with Gasteiger partial charge < -0.3 is 9.47 Å². The molecule has 3 aromatic carbocycles. The maximum atomic E-state index is 13.5. The molecular formula is C25H21Br2FN4O4S. The number of aromatic nitrogens is 3. The number of ether oxygens (including phenoxy) is 2. The molecule has 4 rings (SSSR count). The van der Waals surface area contributed by atoms with Crippen molar-refractivity contribution in [3.8, 4) is 17.2 Å². The quantitative estimate of drug-likeness (QED) is 0.104. The van der Waals surface area contributed by atoms with Crippen molar-refractivity contribution in [1.29, 1.82) is 0 Å². The lowest BCUT2D eigenvalue weighted by Gasteiger charge is -2.18. The third kappa shape index (κ3) is 6.68. The maximum absolute atomic E-state index is 13.5. The molecule has 192 valence electrons. The number of benzene rings is 3. The summed E-state index contributed by atoms with van der Waals surface area (Å²) in [4.78, 5) is 11.2. The van der Waals surface area contributed by atoms with Crippen molar-refractivity contribution < 1.29 is 18.8 Å². The highest BCUT2D eigenvalue weighted by molar-refractivity contribution is 9.10. The van der Waals surface area contributed by atoms with Crippen LogP contribution in [0.3, 0.4) is 0 Å². The van der Waals surface area contributed by atoms with Crippen LogP contribution in [0.25, 0.3) is 5.69 Å². The number of hydrogen-bond acceptors (Lipinski definition) is 7. The number of halogens is 3. The first-order chi connectivity index (χ1) is 17.7. The molecule has 0 amide bonds. The number of thioether (sulfide) groups is 1. The molecule has 0 fully saturated rings. The zero-order chi connectivity index (χ0) is 26.5. The number of aryl methyl sites for hydroxylation is 1. The van der Waals surface area contributed by atoms with Gasteiger partial charge in [0.15, 0.2) is 16.7 Å². The molecule has 0 unspecified atom stereocenters. The van der Waals surface area contributed by atoms with Crippen LogP contribution in [0.2, 0.25) is 0 Å². The minimum Gasteiger partial charge on any atom is -0.493 e. The van der Waals surface area contributed by atoms with Crippen LogP contribution in [0.5, 0.6) is 11.5 Å². The van der Waals surface area contributed by atoms with Crippen molar-refractivity contribution in [2.75, 3.05) is 13.7 Å². The van der Waals surface area contributed by atoms with Crippen molar-refractivity contribution in [2.24, 2.45) is 0 Å². The largest absolute Gasteiger partial charge is 0.493 e. The number of methoxy groups -OCH3 is 1. The molecule has 1 aromatic heterocycles. The zero-order valence-corrected chi connectivity index (χ0v) is 23.7. The lowest BCUT2D eigenvalue weighted by molar-refractivity contribution is -0.479. The molecule has 1 heterocycles. The molecule has 8 nitrogen and oxygen atoms in total. The highest BCUT2D eigenvalue weighted by Crippen LogP contribution is 2.43. The molecule has 0 saturated carbocycles. The standard InChI is InChI=1S/C25H21Br2FN4O4S/c1-15-29-30-25(32(15)20-9-7-19(28)8-10-20)37-23(13-31(33)34)17-11-21(27)24(22(12-17)35-2)36-14-16-3-5-18(26)6-4-16/h3-12,23H,13-14H2,1-2H3/t23-/m1/s1. The van der Waals surface area contributed by atoms with Gasteiger partial charge in [-0.3, -0.25) is 14.7 Å².